The molecule has 1 nitrogen and oxygen atoms in total. The lowest BCUT2D eigenvalue weighted by atomic mass is 10.1. The van der Waals surface area contributed by atoms with Gasteiger partial charge in [0.2, 0.25) is 0 Å². The first-order chi connectivity index (χ1) is 16.8. The van der Waals surface area contributed by atoms with Crippen LogP contribution < -0.4 is 4.74 Å². The van der Waals surface area contributed by atoms with Crippen LogP contribution in [0.15, 0.2) is 60.7 Å². The SMILES string of the molecule is CCCCCCCOc1ccc(C#Cc2ccc(C#Cc3ccc(CCCCC)cc3)s2)cc1. The smallest absolute Gasteiger partial charge is 0.119 e. The highest BCUT2D eigenvalue weighted by Crippen LogP contribution is 2.16. The predicted molar refractivity (Wildman–Crippen MR) is 147 cm³/mol. The van der Waals surface area contributed by atoms with E-state index in [0.29, 0.717) is 0 Å². The van der Waals surface area contributed by atoms with E-state index in [0.717, 1.165) is 46.1 Å². The molecule has 176 valence electrons. The van der Waals surface area contributed by atoms with Gasteiger partial charge in [0, 0.05) is 11.1 Å². The zero-order valence-corrected chi connectivity index (χ0v) is 21.5. The summed E-state index contributed by atoms with van der Waals surface area (Å²) in [5.41, 5.74) is 3.45. The Bertz CT molecular complexity index is 1100. The van der Waals surface area contributed by atoms with Gasteiger partial charge in [-0.25, -0.2) is 0 Å². The van der Waals surface area contributed by atoms with Gasteiger partial charge in [0.25, 0.3) is 0 Å². The molecule has 0 aliphatic carbocycles. The fraction of sp³-hybridized carbons (Fsp3) is 0.375. The summed E-state index contributed by atoms with van der Waals surface area (Å²) >= 11 is 1.64. The summed E-state index contributed by atoms with van der Waals surface area (Å²) in [5.74, 6) is 14.0. The van der Waals surface area contributed by atoms with Crippen molar-refractivity contribution in [2.45, 2.75) is 71.6 Å². The molecule has 0 fully saturated rings. The lowest BCUT2D eigenvalue weighted by Crippen LogP contribution is -1.97. The third kappa shape index (κ3) is 9.51. The van der Waals surface area contributed by atoms with Gasteiger partial charge < -0.3 is 4.74 Å². The molecule has 0 spiro atoms. The molecular formula is C32H36OS. The number of rotatable bonds is 11. The Hall–Kier alpha value is -2.94. The quantitative estimate of drug-likeness (QED) is 0.202. The third-order valence-electron chi connectivity index (χ3n) is 5.66. The number of hydrogen-bond acceptors (Lipinski definition) is 2. The van der Waals surface area contributed by atoms with Crippen molar-refractivity contribution < 1.29 is 4.74 Å². The molecule has 0 N–H and O–H groups in total. The van der Waals surface area contributed by atoms with Gasteiger partial charge in [-0.2, -0.15) is 0 Å². The van der Waals surface area contributed by atoms with E-state index in [2.05, 4.69) is 73.9 Å². The fourth-order valence-corrected chi connectivity index (χ4v) is 4.32. The molecule has 0 atom stereocenters. The molecule has 1 heterocycles. The summed E-state index contributed by atoms with van der Waals surface area (Å²) in [4.78, 5) is 2.07. The second kappa shape index (κ2) is 15.1. The predicted octanol–water partition coefficient (Wildman–Crippen LogP) is 8.63. The van der Waals surface area contributed by atoms with Crippen LogP contribution in [0.5, 0.6) is 5.75 Å². The molecule has 0 unspecified atom stereocenters. The fourth-order valence-electron chi connectivity index (χ4n) is 3.60. The number of thiophene rings is 1. The van der Waals surface area contributed by atoms with Crippen LogP contribution in [-0.4, -0.2) is 6.61 Å². The zero-order chi connectivity index (χ0) is 23.8. The van der Waals surface area contributed by atoms with Gasteiger partial charge in [-0.05, 0) is 73.4 Å². The second-order valence-corrected chi connectivity index (χ2v) is 9.69. The first kappa shape index (κ1) is 25.7. The number of hydrogen-bond donors (Lipinski definition) is 0. The van der Waals surface area contributed by atoms with Crippen molar-refractivity contribution in [2.75, 3.05) is 6.61 Å². The average molecular weight is 469 g/mol. The van der Waals surface area contributed by atoms with Crippen LogP contribution >= 0.6 is 11.3 Å². The van der Waals surface area contributed by atoms with Crippen molar-refractivity contribution in [1.82, 2.24) is 0 Å². The molecule has 0 radical (unpaired) electrons. The number of benzene rings is 2. The lowest BCUT2D eigenvalue weighted by Gasteiger charge is -2.05. The summed E-state index contributed by atoms with van der Waals surface area (Å²) in [5, 5.41) is 0. The van der Waals surface area contributed by atoms with E-state index in [-0.39, 0.29) is 0 Å². The Labute approximate surface area is 210 Å². The highest BCUT2D eigenvalue weighted by Gasteiger charge is 1.97. The molecule has 0 aliphatic rings. The molecule has 2 heteroatoms. The van der Waals surface area contributed by atoms with Gasteiger partial charge in [0.05, 0.1) is 16.4 Å². The van der Waals surface area contributed by atoms with Crippen LogP contribution in [0.1, 0.15) is 91.7 Å². The van der Waals surface area contributed by atoms with Crippen LogP contribution in [0.25, 0.3) is 0 Å². The molecule has 0 saturated heterocycles. The highest BCUT2D eigenvalue weighted by molar-refractivity contribution is 7.13. The van der Waals surface area contributed by atoms with Gasteiger partial charge in [-0.3, -0.25) is 0 Å². The maximum atomic E-state index is 5.84. The standard InChI is InChI=1S/C32H36OS/c1-3-5-7-8-10-26-33-30-20-16-29(17-21-30)19-23-32-25-24-31(34-32)22-18-28-14-12-27(13-15-28)11-9-6-4-2/h12-17,20-21,24-25H,3-11,26H2,1-2H3. The minimum atomic E-state index is 0.789. The number of unbranched alkanes of at least 4 members (excludes halogenated alkanes) is 6. The van der Waals surface area contributed by atoms with Gasteiger partial charge >= 0.3 is 0 Å². The van der Waals surface area contributed by atoms with E-state index in [1.54, 1.807) is 11.3 Å². The maximum absolute atomic E-state index is 5.84. The van der Waals surface area contributed by atoms with Crippen molar-refractivity contribution in [3.63, 3.8) is 0 Å². The molecule has 1 aromatic heterocycles. The molecule has 0 aliphatic heterocycles. The van der Waals surface area contributed by atoms with Gasteiger partial charge in [-0.15, -0.1) is 11.3 Å². The minimum Gasteiger partial charge on any atom is -0.494 e. The maximum Gasteiger partial charge on any atom is 0.119 e. The van der Waals surface area contributed by atoms with E-state index in [1.807, 2.05) is 24.3 Å². The summed E-state index contributed by atoms with van der Waals surface area (Å²) in [6, 6.07) is 20.8. The number of ether oxygens (including phenoxy) is 1. The molecule has 0 bridgehead atoms. The average Bonchev–Trinajstić information content (AvgIpc) is 3.33. The van der Waals surface area contributed by atoms with Crippen molar-refractivity contribution in [3.05, 3.63) is 87.1 Å². The Balaban J connectivity index is 1.48. The Morgan fingerprint density at radius 1 is 0.588 bits per heavy atom. The third-order valence-corrected chi connectivity index (χ3v) is 6.58. The molecule has 3 rings (SSSR count). The van der Waals surface area contributed by atoms with Gasteiger partial charge in [-0.1, -0.05) is 88.2 Å². The molecule has 0 amide bonds. The van der Waals surface area contributed by atoms with Gasteiger partial charge in [0.1, 0.15) is 5.75 Å². The highest BCUT2D eigenvalue weighted by atomic mass is 32.1. The Morgan fingerprint density at radius 3 is 1.76 bits per heavy atom. The van der Waals surface area contributed by atoms with Crippen LogP contribution in [0.3, 0.4) is 0 Å². The van der Waals surface area contributed by atoms with Crippen LogP contribution in [0.2, 0.25) is 0 Å². The summed E-state index contributed by atoms with van der Waals surface area (Å²) < 4.78 is 5.84. The normalized spacial score (nSPS) is 10.2. The monoisotopic (exact) mass is 468 g/mol. The Kier molecular flexibility index (Phi) is 11.4. The second-order valence-electron chi connectivity index (χ2n) is 8.60. The van der Waals surface area contributed by atoms with E-state index in [9.17, 15) is 0 Å². The van der Waals surface area contributed by atoms with Crippen LogP contribution in [0.4, 0.5) is 0 Å². The van der Waals surface area contributed by atoms with E-state index in [4.69, 9.17) is 4.74 Å². The first-order valence-electron chi connectivity index (χ1n) is 12.7. The van der Waals surface area contributed by atoms with Crippen LogP contribution in [0, 0.1) is 23.7 Å². The summed E-state index contributed by atoms with van der Waals surface area (Å²) in [6.07, 6.45) is 11.2. The number of aryl methyl sites for hydroxylation is 1. The van der Waals surface area contributed by atoms with Gasteiger partial charge in [0.15, 0.2) is 0 Å². The van der Waals surface area contributed by atoms with Crippen molar-refractivity contribution in [3.8, 4) is 29.4 Å². The Morgan fingerprint density at radius 2 is 1.15 bits per heavy atom. The topological polar surface area (TPSA) is 9.23 Å². The van der Waals surface area contributed by atoms with E-state index in [1.165, 1.54) is 50.5 Å². The van der Waals surface area contributed by atoms with E-state index < -0.39 is 0 Å². The minimum absolute atomic E-state index is 0.789. The molecule has 3 aromatic rings. The zero-order valence-electron chi connectivity index (χ0n) is 20.7. The van der Waals surface area contributed by atoms with Crippen molar-refractivity contribution >= 4 is 11.3 Å². The largest absolute Gasteiger partial charge is 0.494 e. The lowest BCUT2D eigenvalue weighted by molar-refractivity contribution is 0.304. The van der Waals surface area contributed by atoms with E-state index >= 15 is 0 Å². The first-order valence-corrected chi connectivity index (χ1v) is 13.5. The molecular weight excluding hydrogens is 432 g/mol. The van der Waals surface area contributed by atoms with Crippen LogP contribution in [-0.2, 0) is 6.42 Å². The summed E-state index contributed by atoms with van der Waals surface area (Å²) in [6.45, 7) is 5.27. The van der Waals surface area contributed by atoms with Crippen molar-refractivity contribution in [1.29, 1.82) is 0 Å². The molecule has 34 heavy (non-hydrogen) atoms. The van der Waals surface area contributed by atoms with Crippen molar-refractivity contribution in [2.24, 2.45) is 0 Å². The molecule has 0 saturated carbocycles. The molecule has 2 aromatic carbocycles. The summed E-state index contributed by atoms with van der Waals surface area (Å²) in [7, 11) is 0.